The second-order valence-electron chi connectivity index (χ2n) is 6.22. The van der Waals surface area contributed by atoms with E-state index in [0.717, 1.165) is 23.5 Å². The molecule has 0 radical (unpaired) electrons. The lowest BCUT2D eigenvalue weighted by Crippen LogP contribution is -2.19. The van der Waals surface area contributed by atoms with Gasteiger partial charge in [-0.05, 0) is 36.4 Å². The van der Waals surface area contributed by atoms with E-state index in [1.807, 2.05) is 0 Å². The molecule has 0 amide bonds. The fourth-order valence-electron chi connectivity index (χ4n) is 2.85. The summed E-state index contributed by atoms with van der Waals surface area (Å²) in [6, 6.07) is 16.8. The van der Waals surface area contributed by atoms with Crippen molar-refractivity contribution in [2.24, 2.45) is 0 Å². The second-order valence-corrected chi connectivity index (χ2v) is 10.0. The van der Waals surface area contributed by atoms with Gasteiger partial charge in [-0.3, -0.25) is 9.59 Å². The Balaban J connectivity index is 1.85. The van der Waals surface area contributed by atoms with Gasteiger partial charge in [0.15, 0.2) is 0 Å². The average Bonchev–Trinajstić information content (AvgIpc) is 2.71. The lowest BCUT2D eigenvalue weighted by molar-refractivity contribution is 0.0988. The topological polar surface area (TPSA) is 34.1 Å². The number of ketones is 2. The maximum atomic E-state index is 13.3. The molecular formula is C22H10Cl4O2S2. The van der Waals surface area contributed by atoms with Gasteiger partial charge in [-0.25, -0.2) is 0 Å². The monoisotopic (exact) mass is 510 g/mol. The van der Waals surface area contributed by atoms with E-state index in [0.29, 0.717) is 50.8 Å². The SMILES string of the molecule is O=C1C(Sc2ccc(Cl)cc2Cl)=C(Sc2ccc(Cl)cc2Cl)C(=O)c2ccccc21. The summed E-state index contributed by atoms with van der Waals surface area (Å²) >= 11 is 26.9. The first-order chi connectivity index (χ1) is 14.3. The van der Waals surface area contributed by atoms with Crippen LogP contribution in [-0.4, -0.2) is 11.6 Å². The maximum absolute atomic E-state index is 13.3. The number of carbonyl (C=O) groups is 2. The highest BCUT2D eigenvalue weighted by atomic mass is 35.5. The van der Waals surface area contributed by atoms with E-state index in [9.17, 15) is 9.59 Å². The minimum absolute atomic E-state index is 0.242. The number of halogens is 4. The molecule has 0 aliphatic heterocycles. The number of hydrogen-bond acceptors (Lipinski definition) is 4. The highest BCUT2D eigenvalue weighted by molar-refractivity contribution is 8.08. The molecule has 3 aromatic carbocycles. The summed E-state index contributed by atoms with van der Waals surface area (Å²) in [5.41, 5.74) is 0.725. The molecule has 8 heteroatoms. The first kappa shape index (κ1) is 21.8. The van der Waals surface area contributed by atoms with Gasteiger partial charge in [0.25, 0.3) is 0 Å². The molecule has 0 unspecified atom stereocenters. The first-order valence-corrected chi connectivity index (χ1v) is 11.7. The number of thioether (sulfide) groups is 2. The number of allylic oxidation sites excluding steroid dienone is 2. The van der Waals surface area contributed by atoms with Crippen molar-refractivity contribution < 1.29 is 9.59 Å². The molecular weight excluding hydrogens is 502 g/mol. The van der Waals surface area contributed by atoms with Crippen LogP contribution in [0.3, 0.4) is 0 Å². The van der Waals surface area contributed by atoms with Gasteiger partial charge < -0.3 is 0 Å². The van der Waals surface area contributed by atoms with Crippen molar-refractivity contribution in [3.8, 4) is 0 Å². The summed E-state index contributed by atoms with van der Waals surface area (Å²) < 4.78 is 0. The van der Waals surface area contributed by atoms with Crippen LogP contribution in [0.15, 0.2) is 80.3 Å². The lowest BCUT2D eigenvalue weighted by Gasteiger charge is -2.21. The van der Waals surface area contributed by atoms with Gasteiger partial charge in [0.05, 0.1) is 19.9 Å². The quantitative estimate of drug-likeness (QED) is 0.351. The number of benzene rings is 3. The summed E-state index contributed by atoms with van der Waals surface area (Å²) in [6.45, 7) is 0. The van der Waals surface area contributed by atoms with Crippen molar-refractivity contribution in [2.75, 3.05) is 0 Å². The number of rotatable bonds is 4. The molecule has 0 saturated heterocycles. The molecule has 4 rings (SSSR count). The van der Waals surface area contributed by atoms with E-state index in [4.69, 9.17) is 46.4 Å². The molecule has 3 aromatic rings. The van der Waals surface area contributed by atoms with Crippen molar-refractivity contribution in [3.63, 3.8) is 0 Å². The standard InChI is InChI=1S/C22H10Cl4O2S2/c23-11-5-7-17(15(25)9-11)29-21-19(27)13-3-1-2-4-14(13)20(28)22(21)30-18-8-6-12(24)10-16(18)26/h1-10H. The summed E-state index contributed by atoms with van der Waals surface area (Å²) in [7, 11) is 0. The molecule has 0 heterocycles. The van der Waals surface area contributed by atoms with Crippen molar-refractivity contribution in [1.82, 2.24) is 0 Å². The lowest BCUT2D eigenvalue weighted by atomic mass is 9.94. The third kappa shape index (κ3) is 4.31. The minimum Gasteiger partial charge on any atom is -0.288 e. The molecule has 30 heavy (non-hydrogen) atoms. The van der Waals surface area contributed by atoms with Gasteiger partial charge >= 0.3 is 0 Å². The van der Waals surface area contributed by atoms with Gasteiger partial charge in [-0.2, -0.15) is 0 Å². The zero-order chi connectivity index (χ0) is 21.4. The molecule has 0 bridgehead atoms. The van der Waals surface area contributed by atoms with Gasteiger partial charge in [-0.15, -0.1) is 0 Å². The smallest absolute Gasteiger partial charge is 0.201 e. The van der Waals surface area contributed by atoms with Crippen LogP contribution >= 0.6 is 69.9 Å². The Morgan fingerprint density at radius 2 is 0.967 bits per heavy atom. The van der Waals surface area contributed by atoms with Gasteiger partial charge in [0.1, 0.15) is 0 Å². The second kappa shape index (κ2) is 8.99. The number of hydrogen-bond donors (Lipinski definition) is 0. The molecule has 0 aromatic heterocycles. The highest BCUT2D eigenvalue weighted by Crippen LogP contribution is 2.46. The Morgan fingerprint density at radius 1 is 0.567 bits per heavy atom. The summed E-state index contributed by atoms with van der Waals surface area (Å²) in [5, 5.41) is 1.76. The number of fused-ring (bicyclic) bond motifs is 1. The normalized spacial score (nSPS) is 13.6. The highest BCUT2D eigenvalue weighted by Gasteiger charge is 2.34. The van der Waals surface area contributed by atoms with Crippen LogP contribution in [0.4, 0.5) is 0 Å². The number of Topliss-reactive ketones (excluding diaryl/α,β-unsaturated/α-hetero) is 2. The van der Waals surface area contributed by atoms with Crippen LogP contribution in [-0.2, 0) is 0 Å². The van der Waals surface area contributed by atoms with Crippen molar-refractivity contribution >= 4 is 81.5 Å². The zero-order valence-electron chi connectivity index (χ0n) is 14.9. The Bertz CT molecular complexity index is 1140. The third-order valence-electron chi connectivity index (χ3n) is 4.25. The molecule has 0 atom stereocenters. The van der Waals surface area contributed by atoms with Gasteiger partial charge in [0.2, 0.25) is 11.6 Å². The van der Waals surface area contributed by atoms with E-state index >= 15 is 0 Å². The molecule has 1 aliphatic rings. The summed E-state index contributed by atoms with van der Waals surface area (Å²) in [5.74, 6) is -0.484. The van der Waals surface area contributed by atoms with E-state index in [1.54, 1.807) is 60.7 Å². The fraction of sp³-hybridized carbons (Fsp3) is 0. The third-order valence-corrected chi connectivity index (χ3v) is 8.03. The molecule has 0 spiro atoms. The van der Waals surface area contributed by atoms with E-state index in [-0.39, 0.29) is 11.6 Å². The predicted octanol–water partition coefficient (Wildman–Crippen LogP) is 8.48. The molecule has 2 nitrogen and oxygen atoms in total. The van der Waals surface area contributed by atoms with E-state index < -0.39 is 0 Å². The van der Waals surface area contributed by atoms with Gasteiger partial charge in [-0.1, -0.05) is 94.2 Å². The maximum Gasteiger partial charge on any atom is 0.201 e. The van der Waals surface area contributed by atoms with Crippen LogP contribution in [0.1, 0.15) is 20.7 Å². The summed E-state index contributed by atoms with van der Waals surface area (Å²) in [4.78, 5) is 28.5. The van der Waals surface area contributed by atoms with Crippen LogP contribution in [0.5, 0.6) is 0 Å². The van der Waals surface area contributed by atoms with Crippen LogP contribution in [0, 0.1) is 0 Å². The Hall–Kier alpha value is -1.40. The largest absolute Gasteiger partial charge is 0.288 e. The predicted molar refractivity (Wildman–Crippen MR) is 127 cm³/mol. The molecule has 0 N–H and O–H groups in total. The first-order valence-electron chi connectivity index (χ1n) is 8.53. The summed E-state index contributed by atoms with van der Waals surface area (Å²) in [6.07, 6.45) is 0. The molecule has 150 valence electrons. The van der Waals surface area contributed by atoms with Gasteiger partial charge in [0, 0.05) is 31.0 Å². The fourth-order valence-corrected chi connectivity index (χ4v) is 5.95. The van der Waals surface area contributed by atoms with Crippen molar-refractivity contribution in [1.29, 1.82) is 0 Å². The molecule has 0 fully saturated rings. The van der Waals surface area contributed by atoms with Crippen LogP contribution < -0.4 is 0 Å². The molecule has 1 aliphatic carbocycles. The number of carbonyl (C=O) groups excluding carboxylic acids is 2. The Morgan fingerprint density at radius 3 is 1.33 bits per heavy atom. The van der Waals surface area contributed by atoms with Crippen LogP contribution in [0.25, 0.3) is 0 Å². The minimum atomic E-state index is -0.242. The van der Waals surface area contributed by atoms with E-state index in [2.05, 4.69) is 0 Å². The Labute approximate surface area is 201 Å². The van der Waals surface area contributed by atoms with Crippen molar-refractivity contribution in [2.45, 2.75) is 9.79 Å². The molecule has 0 saturated carbocycles. The average molecular weight is 512 g/mol. The van der Waals surface area contributed by atoms with Crippen LogP contribution in [0.2, 0.25) is 20.1 Å². The Kier molecular flexibility index (Phi) is 6.54. The van der Waals surface area contributed by atoms with Crippen molar-refractivity contribution in [3.05, 3.63) is 102 Å². The van der Waals surface area contributed by atoms with E-state index in [1.165, 1.54) is 0 Å². The zero-order valence-corrected chi connectivity index (χ0v) is 19.6.